The molecule has 4 rings (SSSR count). The number of nitrogens with zero attached hydrogens (tertiary/aromatic N) is 1. The molecule has 1 amide bonds. The van der Waals surface area contributed by atoms with Crippen molar-refractivity contribution >= 4 is 5.91 Å². The Morgan fingerprint density at radius 1 is 1.04 bits per heavy atom. The quantitative estimate of drug-likeness (QED) is 0.910. The predicted octanol–water partition coefficient (Wildman–Crippen LogP) is 3.85. The molecule has 0 unspecified atom stereocenters. The first kappa shape index (κ1) is 17.2. The summed E-state index contributed by atoms with van der Waals surface area (Å²) in [4.78, 5) is 14.8. The molecule has 2 saturated heterocycles. The van der Waals surface area contributed by atoms with Gasteiger partial charge in [0.25, 0.3) is 0 Å². The third-order valence-electron chi connectivity index (χ3n) is 5.76. The standard InChI is InChI=1S/C22H25FN2O/c23-18-12-10-16(11-13-18)14-25-15-19(17-6-2-1-3-7-17)22-20(25)8-4-5-9-21(26)24-22/h1-3,6-7,10-13,19-20,22H,4-5,8-9,14-15H2,(H,24,26)/t19-,20+,22-/m0/s1. The fourth-order valence-corrected chi connectivity index (χ4v) is 4.47. The summed E-state index contributed by atoms with van der Waals surface area (Å²) in [5.41, 5.74) is 2.40. The zero-order chi connectivity index (χ0) is 17.9. The second-order valence-electron chi connectivity index (χ2n) is 7.48. The molecule has 2 aliphatic heterocycles. The monoisotopic (exact) mass is 352 g/mol. The normalized spacial score (nSPS) is 26.7. The summed E-state index contributed by atoms with van der Waals surface area (Å²) in [5, 5.41) is 3.31. The predicted molar refractivity (Wildman–Crippen MR) is 100 cm³/mol. The summed E-state index contributed by atoms with van der Waals surface area (Å²) in [6, 6.07) is 17.7. The molecule has 0 bridgehead atoms. The van der Waals surface area contributed by atoms with Crippen molar-refractivity contribution in [3.8, 4) is 0 Å². The van der Waals surface area contributed by atoms with Gasteiger partial charge >= 0.3 is 0 Å². The van der Waals surface area contributed by atoms with E-state index in [9.17, 15) is 9.18 Å². The van der Waals surface area contributed by atoms with Gasteiger partial charge < -0.3 is 5.32 Å². The van der Waals surface area contributed by atoms with Crippen molar-refractivity contribution in [2.24, 2.45) is 0 Å². The number of nitrogens with one attached hydrogen (secondary N) is 1. The van der Waals surface area contributed by atoms with Gasteiger partial charge in [0.15, 0.2) is 0 Å². The number of rotatable bonds is 3. The number of carbonyl (C=O) groups excluding carboxylic acids is 1. The van der Waals surface area contributed by atoms with E-state index in [1.54, 1.807) is 0 Å². The molecule has 0 radical (unpaired) electrons. The topological polar surface area (TPSA) is 32.3 Å². The summed E-state index contributed by atoms with van der Waals surface area (Å²) in [7, 11) is 0. The minimum atomic E-state index is -0.201. The lowest BCUT2D eigenvalue weighted by atomic mass is 9.88. The molecule has 3 atom stereocenters. The van der Waals surface area contributed by atoms with Gasteiger partial charge in [0, 0.05) is 31.5 Å². The highest BCUT2D eigenvalue weighted by atomic mass is 19.1. The first-order valence-corrected chi connectivity index (χ1v) is 9.53. The fourth-order valence-electron chi connectivity index (χ4n) is 4.47. The van der Waals surface area contributed by atoms with E-state index >= 15 is 0 Å². The zero-order valence-electron chi connectivity index (χ0n) is 14.9. The Balaban J connectivity index is 1.61. The largest absolute Gasteiger partial charge is 0.351 e. The van der Waals surface area contributed by atoms with Crippen LogP contribution in [0.4, 0.5) is 4.39 Å². The lowest BCUT2D eigenvalue weighted by Gasteiger charge is -2.31. The molecule has 2 aromatic carbocycles. The Hall–Kier alpha value is -2.20. The van der Waals surface area contributed by atoms with Crippen molar-refractivity contribution in [3.05, 3.63) is 71.5 Å². The first-order chi connectivity index (χ1) is 12.7. The van der Waals surface area contributed by atoms with Crippen LogP contribution in [-0.4, -0.2) is 29.4 Å². The molecule has 2 aromatic rings. The minimum absolute atomic E-state index is 0.144. The number of carbonyl (C=O) groups is 1. The highest BCUT2D eigenvalue weighted by Crippen LogP contribution is 2.36. The Labute approximate surface area is 154 Å². The van der Waals surface area contributed by atoms with Gasteiger partial charge in [-0.3, -0.25) is 9.69 Å². The molecule has 0 aliphatic carbocycles. The third kappa shape index (κ3) is 3.65. The smallest absolute Gasteiger partial charge is 0.220 e. The highest BCUT2D eigenvalue weighted by Gasteiger charge is 2.43. The number of hydrogen-bond acceptors (Lipinski definition) is 2. The van der Waals surface area contributed by atoms with Gasteiger partial charge in [-0.2, -0.15) is 0 Å². The van der Waals surface area contributed by atoms with Gasteiger partial charge in [-0.05, 0) is 36.1 Å². The van der Waals surface area contributed by atoms with Crippen LogP contribution in [0, 0.1) is 5.82 Å². The molecule has 2 fully saturated rings. The molecular formula is C22H25FN2O. The number of halogens is 1. The average Bonchev–Trinajstić information content (AvgIpc) is 2.96. The van der Waals surface area contributed by atoms with E-state index in [0.717, 1.165) is 37.9 Å². The van der Waals surface area contributed by atoms with Crippen molar-refractivity contribution in [1.82, 2.24) is 10.2 Å². The minimum Gasteiger partial charge on any atom is -0.351 e. The van der Waals surface area contributed by atoms with Crippen LogP contribution in [0.2, 0.25) is 0 Å². The maximum atomic E-state index is 13.2. The fraction of sp³-hybridized carbons (Fsp3) is 0.409. The average molecular weight is 352 g/mol. The molecule has 0 saturated carbocycles. The van der Waals surface area contributed by atoms with Crippen molar-refractivity contribution in [1.29, 1.82) is 0 Å². The van der Waals surface area contributed by atoms with Crippen molar-refractivity contribution in [2.45, 2.75) is 50.2 Å². The van der Waals surface area contributed by atoms with Crippen molar-refractivity contribution in [2.75, 3.05) is 6.54 Å². The summed E-state index contributed by atoms with van der Waals surface area (Å²) in [6.07, 6.45) is 3.75. The molecule has 1 N–H and O–H groups in total. The van der Waals surface area contributed by atoms with Gasteiger partial charge in [-0.25, -0.2) is 4.39 Å². The summed E-state index contributed by atoms with van der Waals surface area (Å²) >= 11 is 0. The number of hydrogen-bond donors (Lipinski definition) is 1. The zero-order valence-corrected chi connectivity index (χ0v) is 14.9. The second-order valence-corrected chi connectivity index (χ2v) is 7.48. The van der Waals surface area contributed by atoms with E-state index in [2.05, 4.69) is 34.5 Å². The first-order valence-electron chi connectivity index (χ1n) is 9.53. The molecule has 0 aromatic heterocycles. The van der Waals surface area contributed by atoms with E-state index in [1.165, 1.54) is 17.7 Å². The Morgan fingerprint density at radius 2 is 1.81 bits per heavy atom. The summed E-state index contributed by atoms with van der Waals surface area (Å²) in [6.45, 7) is 1.71. The molecule has 2 aliphatic rings. The second kappa shape index (κ2) is 7.58. The van der Waals surface area contributed by atoms with E-state index in [1.807, 2.05) is 18.2 Å². The number of likely N-dealkylation sites (tertiary alicyclic amines) is 1. The number of benzene rings is 2. The van der Waals surface area contributed by atoms with Crippen LogP contribution >= 0.6 is 0 Å². The van der Waals surface area contributed by atoms with E-state index in [0.29, 0.717) is 18.4 Å². The number of fused-ring (bicyclic) bond motifs is 1. The van der Waals surface area contributed by atoms with Crippen molar-refractivity contribution in [3.63, 3.8) is 0 Å². The molecular weight excluding hydrogens is 327 g/mol. The SMILES string of the molecule is O=C1CCCC[C@@H]2[C@@H](N1)[C@H](c1ccccc1)CN2Cc1ccc(F)cc1. The van der Waals surface area contributed by atoms with E-state index in [-0.39, 0.29) is 17.8 Å². The molecule has 2 heterocycles. The van der Waals surface area contributed by atoms with Crippen LogP contribution in [0.15, 0.2) is 54.6 Å². The van der Waals surface area contributed by atoms with Crippen LogP contribution in [0.1, 0.15) is 42.7 Å². The van der Waals surface area contributed by atoms with Crippen LogP contribution in [0.5, 0.6) is 0 Å². The van der Waals surface area contributed by atoms with Crippen LogP contribution in [0.25, 0.3) is 0 Å². The third-order valence-corrected chi connectivity index (χ3v) is 5.76. The van der Waals surface area contributed by atoms with Gasteiger partial charge in [-0.1, -0.05) is 48.9 Å². The van der Waals surface area contributed by atoms with Crippen LogP contribution < -0.4 is 5.32 Å². The lowest BCUT2D eigenvalue weighted by molar-refractivity contribution is -0.122. The van der Waals surface area contributed by atoms with Crippen LogP contribution in [0.3, 0.4) is 0 Å². The van der Waals surface area contributed by atoms with Gasteiger partial charge in [0.05, 0.1) is 6.04 Å². The van der Waals surface area contributed by atoms with Crippen LogP contribution in [-0.2, 0) is 11.3 Å². The molecule has 4 heteroatoms. The van der Waals surface area contributed by atoms with E-state index < -0.39 is 0 Å². The Morgan fingerprint density at radius 3 is 2.58 bits per heavy atom. The number of amides is 1. The summed E-state index contributed by atoms with van der Waals surface area (Å²) in [5.74, 6) is 0.265. The summed E-state index contributed by atoms with van der Waals surface area (Å²) < 4.78 is 13.2. The van der Waals surface area contributed by atoms with E-state index in [4.69, 9.17) is 0 Å². The lowest BCUT2D eigenvalue weighted by Crippen LogP contribution is -2.47. The van der Waals surface area contributed by atoms with Gasteiger partial charge in [0.1, 0.15) is 5.82 Å². The van der Waals surface area contributed by atoms with Gasteiger partial charge in [0.2, 0.25) is 5.91 Å². The highest BCUT2D eigenvalue weighted by molar-refractivity contribution is 5.76. The maximum Gasteiger partial charge on any atom is 0.220 e. The molecule has 26 heavy (non-hydrogen) atoms. The Kier molecular flexibility index (Phi) is 5.02. The maximum absolute atomic E-state index is 13.2. The van der Waals surface area contributed by atoms with Gasteiger partial charge in [-0.15, -0.1) is 0 Å². The molecule has 0 spiro atoms. The van der Waals surface area contributed by atoms with Crippen molar-refractivity contribution < 1.29 is 9.18 Å². The molecule has 3 nitrogen and oxygen atoms in total. The Bertz CT molecular complexity index is 746. The molecule has 136 valence electrons.